The van der Waals surface area contributed by atoms with E-state index in [2.05, 4.69) is 55.3 Å². The number of benzene rings is 1. The van der Waals surface area contributed by atoms with Crippen molar-refractivity contribution in [1.29, 1.82) is 0 Å². The lowest BCUT2D eigenvalue weighted by atomic mass is 10.1. The van der Waals surface area contributed by atoms with Crippen LogP contribution in [0.4, 0.5) is 5.69 Å². The van der Waals surface area contributed by atoms with Gasteiger partial charge in [0, 0.05) is 10.6 Å². The molecule has 0 fully saturated rings. The van der Waals surface area contributed by atoms with Crippen LogP contribution in [-0.2, 0) is 13.0 Å². The number of rotatable bonds is 5. The van der Waals surface area contributed by atoms with Gasteiger partial charge in [-0.25, -0.2) is 4.98 Å². The van der Waals surface area contributed by atoms with Gasteiger partial charge >= 0.3 is 0 Å². The Morgan fingerprint density at radius 1 is 1.17 bits per heavy atom. The van der Waals surface area contributed by atoms with Gasteiger partial charge in [0.25, 0.3) is 0 Å². The van der Waals surface area contributed by atoms with Crippen LogP contribution in [-0.4, -0.2) is 4.98 Å². The van der Waals surface area contributed by atoms with Gasteiger partial charge in [0.05, 0.1) is 17.2 Å². The molecule has 2 nitrogen and oxygen atoms in total. The summed E-state index contributed by atoms with van der Waals surface area (Å²) >= 11 is 1.77. The maximum atomic E-state index is 4.44. The summed E-state index contributed by atoms with van der Waals surface area (Å²) in [7, 11) is 0. The first kappa shape index (κ1) is 13.1. The molecule has 0 radical (unpaired) electrons. The summed E-state index contributed by atoms with van der Waals surface area (Å²) < 4.78 is 0. The molecule has 1 aromatic carbocycles. The summed E-state index contributed by atoms with van der Waals surface area (Å²) in [5, 5.41) is 4.60. The van der Waals surface area contributed by atoms with Gasteiger partial charge in [0.1, 0.15) is 0 Å². The Hall–Kier alpha value is -1.35. The Morgan fingerprint density at radius 3 is 2.44 bits per heavy atom. The first-order chi connectivity index (χ1) is 8.69. The summed E-state index contributed by atoms with van der Waals surface area (Å²) in [4.78, 5) is 5.76. The van der Waals surface area contributed by atoms with Crippen LogP contribution < -0.4 is 5.32 Å². The zero-order valence-electron chi connectivity index (χ0n) is 11.3. The Labute approximate surface area is 113 Å². The van der Waals surface area contributed by atoms with E-state index >= 15 is 0 Å². The molecule has 0 saturated carbocycles. The molecule has 0 aliphatic heterocycles. The minimum absolute atomic E-state index is 0.866. The fraction of sp³-hybridized carbons (Fsp3) is 0.400. The largest absolute Gasteiger partial charge is 0.380 e. The van der Waals surface area contributed by atoms with Crippen LogP contribution in [0.3, 0.4) is 0 Å². The lowest BCUT2D eigenvalue weighted by molar-refractivity contribution is 0.922. The molecule has 18 heavy (non-hydrogen) atoms. The minimum Gasteiger partial charge on any atom is -0.380 e. The van der Waals surface area contributed by atoms with Crippen molar-refractivity contribution in [2.45, 2.75) is 40.2 Å². The molecule has 0 amide bonds. The molecule has 0 spiro atoms. The van der Waals surface area contributed by atoms with E-state index < -0.39 is 0 Å². The monoisotopic (exact) mass is 260 g/mol. The van der Waals surface area contributed by atoms with Gasteiger partial charge in [0.15, 0.2) is 0 Å². The van der Waals surface area contributed by atoms with Gasteiger partial charge in [-0.05, 0) is 38.0 Å². The summed E-state index contributed by atoms with van der Waals surface area (Å²) in [5.41, 5.74) is 3.74. The fourth-order valence-electron chi connectivity index (χ4n) is 2.00. The number of hydrogen-bond donors (Lipinski definition) is 1. The molecular weight excluding hydrogens is 240 g/mol. The highest BCUT2D eigenvalue weighted by Crippen LogP contribution is 2.19. The van der Waals surface area contributed by atoms with Gasteiger partial charge in [-0.2, -0.15) is 0 Å². The van der Waals surface area contributed by atoms with Crippen molar-refractivity contribution in [2.75, 3.05) is 5.32 Å². The normalized spacial score (nSPS) is 10.6. The van der Waals surface area contributed by atoms with E-state index in [-0.39, 0.29) is 0 Å². The molecule has 0 saturated heterocycles. The number of aromatic nitrogens is 1. The topological polar surface area (TPSA) is 24.9 Å². The van der Waals surface area contributed by atoms with Gasteiger partial charge in [-0.3, -0.25) is 0 Å². The molecular formula is C15H20N2S. The molecule has 1 heterocycles. The SMILES string of the molecule is CCCc1ccc(NCc2sc(C)nc2C)cc1. The summed E-state index contributed by atoms with van der Waals surface area (Å²) in [6.07, 6.45) is 2.36. The summed E-state index contributed by atoms with van der Waals surface area (Å²) in [6.45, 7) is 7.21. The third-order valence-corrected chi connectivity index (χ3v) is 4.02. The number of aryl methyl sites for hydroxylation is 3. The highest BCUT2D eigenvalue weighted by atomic mass is 32.1. The van der Waals surface area contributed by atoms with Crippen molar-refractivity contribution in [3.63, 3.8) is 0 Å². The standard InChI is InChI=1S/C15H20N2S/c1-4-5-13-6-8-14(9-7-13)16-10-15-11(2)17-12(3)18-15/h6-9,16H,4-5,10H2,1-3H3. The van der Waals surface area contributed by atoms with E-state index in [0.29, 0.717) is 0 Å². The maximum Gasteiger partial charge on any atom is 0.0900 e. The van der Waals surface area contributed by atoms with Crippen molar-refractivity contribution >= 4 is 17.0 Å². The van der Waals surface area contributed by atoms with Crippen LogP contribution in [0.15, 0.2) is 24.3 Å². The summed E-state index contributed by atoms with van der Waals surface area (Å²) in [5.74, 6) is 0. The lowest BCUT2D eigenvalue weighted by Crippen LogP contribution is -1.99. The quantitative estimate of drug-likeness (QED) is 0.865. The Kier molecular flexibility index (Phi) is 4.37. The number of hydrogen-bond acceptors (Lipinski definition) is 3. The number of anilines is 1. The third-order valence-electron chi connectivity index (χ3n) is 2.95. The zero-order valence-corrected chi connectivity index (χ0v) is 12.1. The second kappa shape index (κ2) is 6.01. The zero-order chi connectivity index (χ0) is 13.0. The van der Waals surface area contributed by atoms with Gasteiger partial charge in [0.2, 0.25) is 0 Å². The van der Waals surface area contributed by atoms with Crippen LogP contribution >= 0.6 is 11.3 Å². The molecule has 0 aliphatic carbocycles. The van der Waals surface area contributed by atoms with Crippen molar-refractivity contribution < 1.29 is 0 Å². The molecule has 0 bridgehead atoms. The number of thiazole rings is 1. The molecule has 2 aromatic rings. The van der Waals surface area contributed by atoms with E-state index in [9.17, 15) is 0 Å². The van der Waals surface area contributed by atoms with Crippen molar-refractivity contribution in [3.8, 4) is 0 Å². The van der Waals surface area contributed by atoms with Crippen molar-refractivity contribution in [3.05, 3.63) is 45.4 Å². The molecule has 3 heteroatoms. The second-order valence-electron chi connectivity index (χ2n) is 4.54. The van der Waals surface area contributed by atoms with E-state index in [1.54, 1.807) is 11.3 Å². The molecule has 0 aliphatic rings. The second-order valence-corrected chi connectivity index (χ2v) is 5.83. The van der Waals surface area contributed by atoms with Gasteiger partial charge in [-0.15, -0.1) is 11.3 Å². The number of nitrogens with one attached hydrogen (secondary N) is 1. The van der Waals surface area contributed by atoms with Crippen LogP contribution in [0.1, 0.15) is 34.5 Å². The minimum atomic E-state index is 0.866. The average molecular weight is 260 g/mol. The van der Waals surface area contributed by atoms with E-state index in [0.717, 1.165) is 23.7 Å². The lowest BCUT2D eigenvalue weighted by Gasteiger charge is -2.06. The molecule has 96 valence electrons. The molecule has 0 unspecified atom stereocenters. The first-order valence-electron chi connectivity index (χ1n) is 6.44. The highest BCUT2D eigenvalue weighted by Gasteiger charge is 2.04. The van der Waals surface area contributed by atoms with Crippen LogP contribution in [0.5, 0.6) is 0 Å². The van der Waals surface area contributed by atoms with Crippen LogP contribution in [0.25, 0.3) is 0 Å². The Morgan fingerprint density at radius 2 is 1.89 bits per heavy atom. The molecule has 0 atom stereocenters. The van der Waals surface area contributed by atoms with Gasteiger partial charge in [-0.1, -0.05) is 25.5 Å². The van der Waals surface area contributed by atoms with Crippen molar-refractivity contribution in [1.82, 2.24) is 4.98 Å². The Bertz CT molecular complexity index is 500. The third kappa shape index (κ3) is 3.33. The predicted octanol–water partition coefficient (Wildman–Crippen LogP) is 4.32. The van der Waals surface area contributed by atoms with E-state index in [1.807, 2.05) is 0 Å². The first-order valence-corrected chi connectivity index (χ1v) is 7.26. The molecule has 2 rings (SSSR count). The molecule has 1 aromatic heterocycles. The maximum absolute atomic E-state index is 4.44. The average Bonchev–Trinajstić information content (AvgIpc) is 2.67. The smallest absolute Gasteiger partial charge is 0.0900 e. The Balaban J connectivity index is 1.95. The molecule has 1 N–H and O–H groups in total. The van der Waals surface area contributed by atoms with Crippen molar-refractivity contribution in [2.24, 2.45) is 0 Å². The highest BCUT2D eigenvalue weighted by molar-refractivity contribution is 7.11. The fourth-order valence-corrected chi connectivity index (χ4v) is 2.87. The van der Waals surface area contributed by atoms with Gasteiger partial charge < -0.3 is 5.32 Å². The summed E-state index contributed by atoms with van der Waals surface area (Å²) in [6, 6.07) is 8.73. The van der Waals surface area contributed by atoms with Crippen LogP contribution in [0, 0.1) is 13.8 Å². The predicted molar refractivity (Wildman–Crippen MR) is 79.4 cm³/mol. The van der Waals surface area contributed by atoms with E-state index in [4.69, 9.17) is 0 Å². The van der Waals surface area contributed by atoms with E-state index in [1.165, 1.54) is 22.5 Å². The number of nitrogens with zero attached hydrogens (tertiary/aromatic N) is 1. The van der Waals surface area contributed by atoms with Crippen LogP contribution in [0.2, 0.25) is 0 Å².